The van der Waals surface area contributed by atoms with Crippen LogP contribution < -0.4 is 11.2 Å². The molecule has 8 heteroatoms. The molecule has 0 atom stereocenters. The van der Waals surface area contributed by atoms with Crippen molar-refractivity contribution in [3.63, 3.8) is 0 Å². The Morgan fingerprint density at radius 1 is 1.00 bits per heavy atom. The van der Waals surface area contributed by atoms with Gasteiger partial charge >= 0.3 is 5.69 Å². The summed E-state index contributed by atoms with van der Waals surface area (Å²) in [6.07, 6.45) is 3.65. The Kier molecular flexibility index (Phi) is 5.94. The van der Waals surface area contributed by atoms with Gasteiger partial charge in [0.05, 0.1) is 12.8 Å². The van der Waals surface area contributed by atoms with Crippen LogP contribution in [0, 0.1) is 0 Å². The molecular formula is C22H24N4O4. The second-order valence-electron chi connectivity index (χ2n) is 7.35. The number of benzene rings is 1. The van der Waals surface area contributed by atoms with E-state index in [1.54, 1.807) is 17.0 Å². The molecule has 0 aliphatic carbocycles. The van der Waals surface area contributed by atoms with Gasteiger partial charge in [0.1, 0.15) is 11.3 Å². The zero-order chi connectivity index (χ0) is 20.9. The van der Waals surface area contributed by atoms with E-state index in [4.69, 9.17) is 4.42 Å². The lowest BCUT2D eigenvalue weighted by molar-refractivity contribution is 0.0635. The molecule has 1 aliphatic heterocycles. The highest BCUT2D eigenvalue weighted by Crippen LogP contribution is 2.08. The van der Waals surface area contributed by atoms with Gasteiger partial charge in [0, 0.05) is 38.9 Å². The van der Waals surface area contributed by atoms with Gasteiger partial charge in [-0.2, -0.15) is 0 Å². The maximum absolute atomic E-state index is 12.9. The molecule has 0 bridgehead atoms. The Morgan fingerprint density at radius 2 is 1.77 bits per heavy atom. The van der Waals surface area contributed by atoms with E-state index in [1.807, 2.05) is 18.2 Å². The third kappa shape index (κ3) is 4.44. The number of rotatable bonds is 6. The maximum atomic E-state index is 12.9. The van der Waals surface area contributed by atoms with E-state index in [2.05, 4.69) is 22.0 Å². The summed E-state index contributed by atoms with van der Waals surface area (Å²) in [6, 6.07) is 13.7. The van der Waals surface area contributed by atoms with Crippen LogP contribution in [-0.2, 0) is 13.0 Å². The molecule has 1 aliphatic rings. The predicted octanol–water partition coefficient (Wildman–Crippen LogP) is 1.18. The number of hydrogen-bond acceptors (Lipinski definition) is 5. The Morgan fingerprint density at radius 3 is 2.47 bits per heavy atom. The number of nitrogens with one attached hydrogen (secondary N) is 1. The van der Waals surface area contributed by atoms with Crippen LogP contribution in [0.4, 0.5) is 0 Å². The highest BCUT2D eigenvalue weighted by Gasteiger charge is 2.25. The summed E-state index contributed by atoms with van der Waals surface area (Å²) in [5, 5.41) is 0. The third-order valence-electron chi connectivity index (χ3n) is 5.40. The lowest BCUT2D eigenvalue weighted by atomic mass is 10.1. The van der Waals surface area contributed by atoms with Crippen molar-refractivity contribution >= 4 is 5.91 Å². The van der Waals surface area contributed by atoms with E-state index < -0.39 is 11.2 Å². The molecule has 4 rings (SSSR count). The van der Waals surface area contributed by atoms with Gasteiger partial charge in [-0.15, -0.1) is 0 Å². The van der Waals surface area contributed by atoms with Crippen LogP contribution in [0.1, 0.15) is 21.7 Å². The van der Waals surface area contributed by atoms with E-state index in [9.17, 15) is 14.4 Å². The second kappa shape index (κ2) is 8.96. The van der Waals surface area contributed by atoms with Gasteiger partial charge in [-0.3, -0.25) is 19.1 Å². The standard InChI is InChI=1S/C22H24N4O4/c27-20(19-15-23-22(29)26(21(19)28)16-18-7-4-14-30-18)25-12-10-24(11-13-25)9-8-17-5-2-1-3-6-17/h1-7,14-15H,8-13,16H2,(H,23,29). The first-order chi connectivity index (χ1) is 14.6. The van der Waals surface area contributed by atoms with Gasteiger partial charge in [-0.05, 0) is 24.1 Å². The highest BCUT2D eigenvalue weighted by atomic mass is 16.3. The molecule has 1 N–H and O–H groups in total. The minimum atomic E-state index is -0.605. The number of nitrogens with zero attached hydrogens (tertiary/aromatic N) is 3. The summed E-state index contributed by atoms with van der Waals surface area (Å²) in [5.74, 6) is 0.117. The second-order valence-corrected chi connectivity index (χ2v) is 7.35. The fourth-order valence-electron chi connectivity index (χ4n) is 3.64. The first kappa shape index (κ1) is 19.9. The van der Waals surface area contributed by atoms with E-state index >= 15 is 0 Å². The fraction of sp³-hybridized carbons (Fsp3) is 0.318. The van der Waals surface area contributed by atoms with Gasteiger partial charge in [-0.1, -0.05) is 30.3 Å². The number of aromatic amines is 1. The van der Waals surface area contributed by atoms with Crippen LogP contribution in [0.5, 0.6) is 0 Å². The minimum absolute atomic E-state index is 0.0183. The fourth-order valence-corrected chi connectivity index (χ4v) is 3.64. The van der Waals surface area contributed by atoms with Crippen molar-refractivity contribution in [3.05, 3.63) is 92.6 Å². The first-order valence-corrected chi connectivity index (χ1v) is 10.0. The number of furan rings is 1. The number of piperazine rings is 1. The first-order valence-electron chi connectivity index (χ1n) is 10.0. The molecular weight excluding hydrogens is 384 g/mol. The molecule has 0 saturated carbocycles. The van der Waals surface area contributed by atoms with Crippen LogP contribution in [0.3, 0.4) is 0 Å². The zero-order valence-electron chi connectivity index (χ0n) is 16.6. The van der Waals surface area contributed by atoms with Crippen molar-refractivity contribution in [2.75, 3.05) is 32.7 Å². The average Bonchev–Trinajstić information content (AvgIpc) is 3.29. The normalized spacial score (nSPS) is 14.7. The lowest BCUT2D eigenvalue weighted by Gasteiger charge is -2.34. The summed E-state index contributed by atoms with van der Waals surface area (Å²) in [4.78, 5) is 44.3. The lowest BCUT2D eigenvalue weighted by Crippen LogP contribution is -2.50. The SMILES string of the molecule is O=C(c1c[nH]c(=O)n(Cc2ccco2)c1=O)N1CCN(CCc2ccccc2)CC1. The average molecular weight is 408 g/mol. The summed E-state index contributed by atoms with van der Waals surface area (Å²) >= 11 is 0. The maximum Gasteiger partial charge on any atom is 0.328 e. The van der Waals surface area contributed by atoms with E-state index in [0.717, 1.165) is 30.6 Å². The molecule has 1 fully saturated rings. The van der Waals surface area contributed by atoms with Crippen LogP contribution in [0.25, 0.3) is 0 Å². The number of carbonyl (C=O) groups is 1. The summed E-state index contributed by atoms with van der Waals surface area (Å²) in [5.41, 5.74) is 0.0885. The van der Waals surface area contributed by atoms with Gasteiger partial charge in [-0.25, -0.2) is 4.79 Å². The predicted molar refractivity (Wildman–Crippen MR) is 112 cm³/mol. The van der Waals surface area contributed by atoms with Crippen molar-refractivity contribution in [1.82, 2.24) is 19.4 Å². The summed E-state index contributed by atoms with van der Waals surface area (Å²) in [7, 11) is 0. The van der Waals surface area contributed by atoms with Crippen LogP contribution in [0.15, 0.2) is 68.9 Å². The van der Waals surface area contributed by atoms with Crippen LogP contribution in [-0.4, -0.2) is 58.0 Å². The smallest absolute Gasteiger partial charge is 0.328 e. The Balaban J connectivity index is 1.39. The van der Waals surface area contributed by atoms with Gasteiger partial charge in [0.15, 0.2) is 0 Å². The largest absolute Gasteiger partial charge is 0.467 e. The highest BCUT2D eigenvalue weighted by molar-refractivity contribution is 5.93. The van der Waals surface area contributed by atoms with Gasteiger partial charge < -0.3 is 14.3 Å². The Hall–Kier alpha value is -3.39. The number of carbonyl (C=O) groups excluding carboxylic acids is 1. The summed E-state index contributed by atoms with van der Waals surface area (Å²) < 4.78 is 6.21. The number of aromatic nitrogens is 2. The van der Waals surface area contributed by atoms with Gasteiger partial charge in [0.2, 0.25) is 0 Å². The molecule has 8 nitrogen and oxygen atoms in total. The molecule has 1 amide bonds. The molecule has 1 saturated heterocycles. The van der Waals surface area contributed by atoms with E-state index in [0.29, 0.717) is 18.8 Å². The van der Waals surface area contributed by atoms with Crippen LogP contribution in [0.2, 0.25) is 0 Å². The van der Waals surface area contributed by atoms with E-state index in [1.165, 1.54) is 18.0 Å². The Bertz CT molecular complexity index is 1090. The zero-order valence-corrected chi connectivity index (χ0v) is 16.6. The molecule has 3 heterocycles. The molecule has 3 aromatic rings. The topological polar surface area (TPSA) is 91.5 Å². The molecule has 0 spiro atoms. The molecule has 2 aromatic heterocycles. The molecule has 0 unspecified atom stereocenters. The van der Waals surface area contributed by atoms with Crippen molar-refractivity contribution in [2.45, 2.75) is 13.0 Å². The van der Waals surface area contributed by atoms with Crippen LogP contribution >= 0.6 is 0 Å². The van der Waals surface area contributed by atoms with Crippen molar-refractivity contribution in [1.29, 1.82) is 0 Å². The molecule has 0 radical (unpaired) electrons. The van der Waals surface area contributed by atoms with Crippen molar-refractivity contribution in [2.24, 2.45) is 0 Å². The molecule has 156 valence electrons. The molecule has 1 aromatic carbocycles. The minimum Gasteiger partial charge on any atom is -0.467 e. The Labute approximate surface area is 173 Å². The number of H-pyrrole nitrogens is 1. The van der Waals surface area contributed by atoms with Crippen molar-refractivity contribution in [3.8, 4) is 0 Å². The van der Waals surface area contributed by atoms with Gasteiger partial charge in [0.25, 0.3) is 11.5 Å². The third-order valence-corrected chi connectivity index (χ3v) is 5.40. The van der Waals surface area contributed by atoms with Crippen molar-refractivity contribution < 1.29 is 9.21 Å². The monoisotopic (exact) mass is 408 g/mol. The quantitative estimate of drug-likeness (QED) is 0.661. The molecule has 30 heavy (non-hydrogen) atoms. The number of hydrogen-bond donors (Lipinski definition) is 1. The van der Waals surface area contributed by atoms with E-state index in [-0.39, 0.29) is 18.0 Å². The number of amides is 1. The summed E-state index contributed by atoms with van der Waals surface area (Å²) in [6.45, 7) is 3.51.